The number of nitrogens with zero attached hydrogens (tertiary/aromatic N) is 1. The Labute approximate surface area is 123 Å². The fourth-order valence-electron chi connectivity index (χ4n) is 2.31. The van der Waals surface area contributed by atoms with Crippen molar-refractivity contribution in [3.63, 3.8) is 0 Å². The van der Waals surface area contributed by atoms with E-state index in [-0.39, 0.29) is 5.69 Å². The Hall–Kier alpha value is -2.56. The Morgan fingerprint density at radius 1 is 1.14 bits per heavy atom. The minimum atomic E-state index is -0.410. The third-order valence-electron chi connectivity index (χ3n) is 3.17. The summed E-state index contributed by atoms with van der Waals surface area (Å²) in [5, 5.41) is 14.2. The summed E-state index contributed by atoms with van der Waals surface area (Å²) in [5.74, 6) is 0.471. The van der Waals surface area contributed by atoms with Crippen molar-refractivity contribution in [1.29, 1.82) is 0 Å². The quantitative estimate of drug-likeness (QED) is 0.670. The molecule has 2 aromatic carbocycles. The van der Waals surface area contributed by atoms with E-state index in [1.54, 1.807) is 12.1 Å². The van der Waals surface area contributed by atoms with E-state index >= 15 is 0 Å². The number of hydrogen-bond acceptors (Lipinski definition) is 4. The van der Waals surface area contributed by atoms with Crippen LogP contribution in [0.5, 0.6) is 5.75 Å². The summed E-state index contributed by atoms with van der Waals surface area (Å²) in [6.45, 7) is 4.61. The Balaban J connectivity index is 2.21. The van der Waals surface area contributed by atoms with Gasteiger partial charge in [0.15, 0.2) is 0 Å². The lowest BCUT2D eigenvalue weighted by Gasteiger charge is -2.10. The van der Waals surface area contributed by atoms with Crippen LogP contribution in [-0.4, -0.2) is 12.0 Å². The zero-order valence-corrected chi connectivity index (χ0v) is 12.3. The molecule has 0 amide bonds. The van der Waals surface area contributed by atoms with Crippen LogP contribution in [0.25, 0.3) is 0 Å². The van der Waals surface area contributed by atoms with E-state index in [2.05, 4.69) is 23.5 Å². The van der Waals surface area contributed by atoms with Crippen molar-refractivity contribution in [2.24, 2.45) is 0 Å². The van der Waals surface area contributed by atoms with Crippen LogP contribution >= 0.6 is 0 Å². The maximum atomic E-state index is 11.1. The molecular formula is C16H18N2O3. The van der Waals surface area contributed by atoms with Crippen molar-refractivity contribution >= 4 is 11.4 Å². The van der Waals surface area contributed by atoms with Crippen LogP contribution in [0.1, 0.15) is 16.7 Å². The van der Waals surface area contributed by atoms with Gasteiger partial charge in [0.1, 0.15) is 11.4 Å². The molecule has 2 rings (SSSR count). The molecule has 0 saturated carbocycles. The van der Waals surface area contributed by atoms with Crippen LogP contribution in [-0.2, 0) is 6.54 Å². The summed E-state index contributed by atoms with van der Waals surface area (Å²) in [6, 6.07) is 11.0. The van der Waals surface area contributed by atoms with E-state index in [0.29, 0.717) is 18.0 Å². The standard InChI is InChI=1S/C16H18N2O3/c1-11-6-12(2)8-13(7-11)10-17-15-5-4-14(21-3)9-16(15)18(19)20/h4-9,17H,10H2,1-3H3. The Kier molecular flexibility index (Phi) is 4.42. The summed E-state index contributed by atoms with van der Waals surface area (Å²) in [4.78, 5) is 10.7. The van der Waals surface area contributed by atoms with Crippen LogP contribution in [0.2, 0.25) is 0 Å². The second kappa shape index (κ2) is 6.26. The molecule has 0 aliphatic carbocycles. The first-order chi connectivity index (χ1) is 9.99. The largest absolute Gasteiger partial charge is 0.496 e. The van der Waals surface area contributed by atoms with E-state index in [4.69, 9.17) is 4.74 Å². The number of nitrogens with one attached hydrogen (secondary N) is 1. The molecule has 0 fully saturated rings. The van der Waals surface area contributed by atoms with Gasteiger partial charge in [0.25, 0.3) is 5.69 Å². The highest BCUT2D eigenvalue weighted by molar-refractivity contribution is 5.64. The summed E-state index contributed by atoms with van der Waals surface area (Å²) >= 11 is 0. The summed E-state index contributed by atoms with van der Waals surface area (Å²) in [6.07, 6.45) is 0. The Morgan fingerprint density at radius 2 is 1.81 bits per heavy atom. The first-order valence-electron chi connectivity index (χ1n) is 6.63. The molecule has 0 saturated heterocycles. The third kappa shape index (κ3) is 3.72. The van der Waals surface area contributed by atoms with Gasteiger partial charge in [-0.2, -0.15) is 0 Å². The molecule has 0 atom stereocenters. The predicted molar refractivity (Wildman–Crippen MR) is 82.9 cm³/mol. The summed E-state index contributed by atoms with van der Waals surface area (Å²) < 4.78 is 5.02. The summed E-state index contributed by atoms with van der Waals surface area (Å²) in [7, 11) is 1.49. The molecule has 0 aromatic heterocycles. The van der Waals surface area contributed by atoms with Gasteiger partial charge in [-0.3, -0.25) is 10.1 Å². The number of anilines is 1. The minimum Gasteiger partial charge on any atom is -0.496 e. The van der Waals surface area contributed by atoms with E-state index in [1.807, 2.05) is 13.8 Å². The molecule has 1 N–H and O–H groups in total. The maximum Gasteiger partial charge on any atom is 0.296 e. The zero-order valence-electron chi connectivity index (χ0n) is 12.3. The second-order valence-corrected chi connectivity index (χ2v) is 4.99. The van der Waals surface area contributed by atoms with Crippen LogP contribution in [0.4, 0.5) is 11.4 Å². The molecule has 0 spiro atoms. The second-order valence-electron chi connectivity index (χ2n) is 4.99. The van der Waals surface area contributed by atoms with Gasteiger partial charge in [0.2, 0.25) is 0 Å². The van der Waals surface area contributed by atoms with Crippen LogP contribution in [0.15, 0.2) is 36.4 Å². The van der Waals surface area contributed by atoms with E-state index in [1.165, 1.54) is 24.3 Å². The molecule has 0 heterocycles. The number of benzene rings is 2. The van der Waals surface area contributed by atoms with Crippen molar-refractivity contribution in [3.05, 3.63) is 63.2 Å². The fourth-order valence-corrected chi connectivity index (χ4v) is 2.31. The molecule has 0 bridgehead atoms. The minimum absolute atomic E-state index is 0.0127. The molecule has 0 aliphatic heterocycles. The average molecular weight is 286 g/mol. The average Bonchev–Trinajstić information content (AvgIpc) is 2.43. The number of nitro groups is 1. The first kappa shape index (κ1) is 14.8. The zero-order chi connectivity index (χ0) is 15.4. The van der Waals surface area contributed by atoms with E-state index in [9.17, 15) is 10.1 Å². The fraction of sp³-hybridized carbons (Fsp3) is 0.250. The van der Waals surface area contributed by atoms with Gasteiger partial charge in [-0.25, -0.2) is 0 Å². The van der Waals surface area contributed by atoms with Crippen molar-refractivity contribution in [2.75, 3.05) is 12.4 Å². The van der Waals surface area contributed by atoms with Gasteiger partial charge < -0.3 is 10.1 Å². The molecule has 110 valence electrons. The van der Waals surface area contributed by atoms with Gasteiger partial charge in [-0.05, 0) is 31.5 Å². The molecule has 2 aromatic rings. The molecule has 5 heteroatoms. The number of ether oxygens (including phenoxy) is 1. The topological polar surface area (TPSA) is 64.4 Å². The van der Waals surface area contributed by atoms with E-state index in [0.717, 1.165) is 5.56 Å². The SMILES string of the molecule is COc1ccc(NCc2cc(C)cc(C)c2)c([N+](=O)[O-])c1. The molecule has 0 radical (unpaired) electrons. The van der Waals surface area contributed by atoms with Gasteiger partial charge in [-0.1, -0.05) is 29.3 Å². The lowest BCUT2D eigenvalue weighted by Crippen LogP contribution is -2.03. The number of aryl methyl sites for hydroxylation is 2. The van der Waals surface area contributed by atoms with Crippen molar-refractivity contribution < 1.29 is 9.66 Å². The summed E-state index contributed by atoms with van der Waals surface area (Å²) in [5.41, 5.74) is 3.95. The lowest BCUT2D eigenvalue weighted by atomic mass is 10.1. The molecule has 0 unspecified atom stereocenters. The highest BCUT2D eigenvalue weighted by atomic mass is 16.6. The molecule has 21 heavy (non-hydrogen) atoms. The van der Waals surface area contributed by atoms with Gasteiger partial charge in [0, 0.05) is 6.54 Å². The molecule has 5 nitrogen and oxygen atoms in total. The maximum absolute atomic E-state index is 11.1. The van der Waals surface area contributed by atoms with Crippen molar-refractivity contribution in [3.8, 4) is 5.75 Å². The van der Waals surface area contributed by atoms with Gasteiger partial charge >= 0.3 is 0 Å². The number of rotatable bonds is 5. The first-order valence-corrected chi connectivity index (χ1v) is 6.63. The van der Waals surface area contributed by atoms with Crippen LogP contribution in [0.3, 0.4) is 0 Å². The van der Waals surface area contributed by atoms with Crippen molar-refractivity contribution in [2.45, 2.75) is 20.4 Å². The lowest BCUT2D eigenvalue weighted by molar-refractivity contribution is -0.384. The molecule has 0 aliphatic rings. The number of methoxy groups -OCH3 is 1. The van der Waals surface area contributed by atoms with Crippen molar-refractivity contribution in [1.82, 2.24) is 0 Å². The Morgan fingerprint density at radius 3 is 2.38 bits per heavy atom. The monoisotopic (exact) mass is 286 g/mol. The number of hydrogen-bond donors (Lipinski definition) is 1. The van der Waals surface area contributed by atoms with Gasteiger partial charge in [-0.15, -0.1) is 0 Å². The highest BCUT2D eigenvalue weighted by Gasteiger charge is 2.14. The number of nitro benzene ring substituents is 1. The third-order valence-corrected chi connectivity index (χ3v) is 3.17. The molecular weight excluding hydrogens is 268 g/mol. The van der Waals surface area contributed by atoms with E-state index < -0.39 is 4.92 Å². The van der Waals surface area contributed by atoms with Crippen LogP contribution < -0.4 is 10.1 Å². The predicted octanol–water partition coefficient (Wildman–Crippen LogP) is 3.83. The Bertz CT molecular complexity index is 648. The highest BCUT2D eigenvalue weighted by Crippen LogP contribution is 2.29. The smallest absolute Gasteiger partial charge is 0.296 e. The normalized spacial score (nSPS) is 10.2. The van der Waals surface area contributed by atoms with Gasteiger partial charge in [0.05, 0.1) is 18.1 Å². The van der Waals surface area contributed by atoms with Crippen LogP contribution in [0, 0.1) is 24.0 Å².